The summed E-state index contributed by atoms with van der Waals surface area (Å²) in [6, 6.07) is 9.91. The molecule has 10 heteroatoms. The van der Waals surface area contributed by atoms with Crippen LogP contribution in [0.15, 0.2) is 53.4 Å². The Labute approximate surface area is 153 Å². The van der Waals surface area contributed by atoms with E-state index in [2.05, 4.69) is 5.32 Å². The van der Waals surface area contributed by atoms with Gasteiger partial charge < -0.3 is 5.32 Å². The Balaban J connectivity index is 2.14. The molecule has 1 amide bonds. The van der Waals surface area contributed by atoms with E-state index >= 15 is 0 Å². The summed E-state index contributed by atoms with van der Waals surface area (Å²) < 4.78 is 63.7. The van der Waals surface area contributed by atoms with Crippen LogP contribution in [-0.2, 0) is 21.0 Å². The summed E-state index contributed by atoms with van der Waals surface area (Å²) in [5.41, 5.74) is -1.24. The van der Waals surface area contributed by atoms with Crippen LogP contribution in [-0.4, -0.2) is 32.2 Å². The molecule has 0 aliphatic rings. The number of halogens is 4. The molecule has 140 valence electrons. The van der Waals surface area contributed by atoms with Gasteiger partial charge in [-0.15, -0.1) is 0 Å². The Morgan fingerprint density at radius 3 is 2.35 bits per heavy atom. The van der Waals surface area contributed by atoms with E-state index in [4.69, 9.17) is 11.6 Å². The Bertz CT molecular complexity index is 903. The fourth-order valence-corrected chi connectivity index (χ4v) is 3.36. The molecular formula is C16H14ClF3N2O3S. The number of rotatable bonds is 5. The van der Waals surface area contributed by atoms with Crippen molar-refractivity contribution in [2.45, 2.75) is 11.1 Å². The van der Waals surface area contributed by atoms with E-state index < -0.39 is 34.2 Å². The first kappa shape index (κ1) is 20.2. The Kier molecular flexibility index (Phi) is 5.94. The van der Waals surface area contributed by atoms with Gasteiger partial charge in [0.2, 0.25) is 15.9 Å². The lowest BCUT2D eigenvalue weighted by Gasteiger charge is -2.17. The van der Waals surface area contributed by atoms with Gasteiger partial charge in [0.15, 0.2) is 0 Å². The lowest BCUT2D eigenvalue weighted by Crippen LogP contribution is -2.35. The van der Waals surface area contributed by atoms with Gasteiger partial charge in [-0.3, -0.25) is 4.79 Å². The number of nitrogens with zero attached hydrogens (tertiary/aromatic N) is 1. The molecule has 1 N–H and O–H groups in total. The zero-order valence-electron chi connectivity index (χ0n) is 13.4. The summed E-state index contributed by atoms with van der Waals surface area (Å²) in [4.78, 5) is 12.0. The van der Waals surface area contributed by atoms with E-state index in [1.54, 1.807) is 6.07 Å². The van der Waals surface area contributed by atoms with Gasteiger partial charge in [0.25, 0.3) is 0 Å². The van der Waals surface area contributed by atoms with Crippen molar-refractivity contribution in [1.82, 2.24) is 4.31 Å². The predicted molar refractivity (Wildman–Crippen MR) is 91.3 cm³/mol. The number of anilines is 1. The third-order valence-corrected chi connectivity index (χ3v) is 5.53. The number of hydrogen-bond donors (Lipinski definition) is 1. The Morgan fingerprint density at radius 1 is 1.15 bits per heavy atom. The normalized spacial score (nSPS) is 12.2. The number of alkyl halides is 3. The van der Waals surface area contributed by atoms with E-state index in [0.29, 0.717) is 6.07 Å². The number of sulfonamides is 1. The number of nitrogens with one attached hydrogen (secondary N) is 1. The van der Waals surface area contributed by atoms with Crippen LogP contribution in [0.3, 0.4) is 0 Å². The molecule has 0 atom stereocenters. The molecule has 0 aliphatic heterocycles. The van der Waals surface area contributed by atoms with Crippen LogP contribution in [0.25, 0.3) is 0 Å². The molecule has 2 aromatic carbocycles. The van der Waals surface area contributed by atoms with Crippen LogP contribution in [0.1, 0.15) is 5.56 Å². The summed E-state index contributed by atoms with van der Waals surface area (Å²) in [5.74, 6) is -0.826. The predicted octanol–water partition coefficient (Wildman–Crippen LogP) is 3.62. The van der Waals surface area contributed by atoms with E-state index in [0.717, 1.165) is 16.4 Å². The van der Waals surface area contributed by atoms with Crippen molar-refractivity contribution in [2.75, 3.05) is 18.9 Å². The maximum absolute atomic E-state index is 12.7. The van der Waals surface area contributed by atoms with Crippen molar-refractivity contribution in [1.29, 1.82) is 0 Å². The highest BCUT2D eigenvalue weighted by Gasteiger charge is 2.31. The number of likely N-dealkylation sites (N-methyl/N-ethyl adjacent to an activating group) is 1. The minimum atomic E-state index is -4.60. The van der Waals surface area contributed by atoms with Crippen LogP contribution in [0.5, 0.6) is 0 Å². The summed E-state index contributed by atoms with van der Waals surface area (Å²) in [7, 11) is -2.72. The van der Waals surface area contributed by atoms with Gasteiger partial charge in [-0.05, 0) is 30.3 Å². The second-order valence-electron chi connectivity index (χ2n) is 5.31. The molecule has 0 spiro atoms. The molecule has 0 aromatic heterocycles. The maximum Gasteiger partial charge on any atom is 0.416 e. The molecule has 0 unspecified atom stereocenters. The number of hydrogen-bond acceptors (Lipinski definition) is 3. The minimum Gasteiger partial charge on any atom is -0.324 e. The van der Waals surface area contributed by atoms with Gasteiger partial charge in [0, 0.05) is 7.05 Å². The third kappa shape index (κ3) is 4.75. The van der Waals surface area contributed by atoms with Gasteiger partial charge in [0.1, 0.15) is 0 Å². The highest BCUT2D eigenvalue weighted by atomic mass is 35.5. The third-order valence-electron chi connectivity index (χ3n) is 3.39. The molecule has 0 aliphatic carbocycles. The standard InChI is InChI=1S/C16H14ClF3N2O3S/c1-22(26(24,25)12-5-3-2-4-6-12)10-15(23)21-14-9-11(16(18,19)20)7-8-13(14)17/h2-9H,10H2,1H3,(H,21,23). The molecule has 0 radical (unpaired) electrons. The SMILES string of the molecule is CN(CC(=O)Nc1cc(C(F)(F)F)ccc1Cl)S(=O)(=O)c1ccccc1. The van der Waals surface area contributed by atoms with Crippen molar-refractivity contribution < 1.29 is 26.4 Å². The van der Waals surface area contributed by atoms with Gasteiger partial charge in [0.05, 0.1) is 27.7 Å². The first-order valence-corrected chi connectivity index (χ1v) is 9.01. The molecule has 0 heterocycles. The smallest absolute Gasteiger partial charge is 0.324 e. The topological polar surface area (TPSA) is 66.5 Å². The summed E-state index contributed by atoms with van der Waals surface area (Å²) in [6.45, 7) is -0.593. The maximum atomic E-state index is 12.7. The van der Waals surface area contributed by atoms with Crippen molar-refractivity contribution in [3.63, 3.8) is 0 Å². The molecule has 2 aromatic rings. The second kappa shape index (κ2) is 7.65. The molecule has 2 rings (SSSR count). The lowest BCUT2D eigenvalue weighted by molar-refractivity contribution is -0.137. The largest absolute Gasteiger partial charge is 0.416 e. The Morgan fingerprint density at radius 2 is 1.77 bits per heavy atom. The first-order valence-electron chi connectivity index (χ1n) is 7.20. The molecule has 0 saturated heterocycles. The first-order chi connectivity index (χ1) is 12.0. The monoisotopic (exact) mass is 406 g/mol. The van der Waals surface area contributed by atoms with Crippen LogP contribution in [0.2, 0.25) is 5.02 Å². The highest BCUT2D eigenvalue weighted by Crippen LogP contribution is 2.33. The molecule has 5 nitrogen and oxygen atoms in total. The van der Waals surface area contributed by atoms with E-state index in [-0.39, 0.29) is 15.6 Å². The zero-order valence-corrected chi connectivity index (χ0v) is 15.0. The summed E-state index contributed by atoms with van der Waals surface area (Å²) >= 11 is 5.80. The van der Waals surface area contributed by atoms with Gasteiger partial charge in [-0.1, -0.05) is 29.8 Å². The highest BCUT2D eigenvalue weighted by molar-refractivity contribution is 7.89. The zero-order chi connectivity index (χ0) is 19.5. The number of carbonyl (C=O) groups excluding carboxylic acids is 1. The number of amides is 1. The van der Waals surface area contributed by atoms with Crippen LogP contribution in [0.4, 0.5) is 18.9 Å². The molecule has 0 fully saturated rings. The Hall–Kier alpha value is -2.10. The fourth-order valence-electron chi connectivity index (χ4n) is 2.05. The number of benzene rings is 2. The molecule has 26 heavy (non-hydrogen) atoms. The van der Waals surface area contributed by atoms with Crippen molar-refractivity contribution in [2.24, 2.45) is 0 Å². The van der Waals surface area contributed by atoms with E-state index in [1.165, 1.54) is 31.3 Å². The molecule has 0 bridgehead atoms. The average molecular weight is 407 g/mol. The average Bonchev–Trinajstić information content (AvgIpc) is 2.56. The van der Waals surface area contributed by atoms with Crippen molar-refractivity contribution in [3.8, 4) is 0 Å². The lowest BCUT2D eigenvalue weighted by atomic mass is 10.2. The van der Waals surface area contributed by atoms with Gasteiger partial charge >= 0.3 is 6.18 Å². The van der Waals surface area contributed by atoms with Crippen molar-refractivity contribution in [3.05, 3.63) is 59.1 Å². The van der Waals surface area contributed by atoms with Crippen molar-refractivity contribution >= 4 is 33.2 Å². The van der Waals surface area contributed by atoms with E-state index in [1.807, 2.05) is 0 Å². The van der Waals surface area contributed by atoms with E-state index in [9.17, 15) is 26.4 Å². The molecule has 0 saturated carbocycles. The van der Waals surface area contributed by atoms with Crippen LogP contribution < -0.4 is 5.32 Å². The summed E-state index contributed by atoms with van der Waals surface area (Å²) in [6.07, 6.45) is -4.60. The van der Waals surface area contributed by atoms with Crippen LogP contribution >= 0.6 is 11.6 Å². The fraction of sp³-hybridized carbons (Fsp3) is 0.188. The minimum absolute atomic E-state index is 0.00704. The van der Waals surface area contributed by atoms with Crippen LogP contribution in [0, 0.1) is 0 Å². The number of carbonyl (C=O) groups is 1. The van der Waals surface area contributed by atoms with Gasteiger partial charge in [-0.25, -0.2) is 8.42 Å². The second-order valence-corrected chi connectivity index (χ2v) is 7.77. The molecular weight excluding hydrogens is 393 g/mol. The summed E-state index contributed by atoms with van der Waals surface area (Å²) in [5, 5.41) is 2.10. The van der Waals surface area contributed by atoms with Gasteiger partial charge in [-0.2, -0.15) is 17.5 Å². The quantitative estimate of drug-likeness (QED) is 0.824.